The maximum atomic E-state index is 11.8. The number of nitrogens with zero attached hydrogens (tertiary/aromatic N) is 2. The Labute approximate surface area is 197 Å². The quantitative estimate of drug-likeness (QED) is 0.447. The number of ketones is 1. The molecule has 0 unspecified atom stereocenters. The Morgan fingerprint density at radius 1 is 0.879 bits per heavy atom. The van der Waals surface area contributed by atoms with Gasteiger partial charge in [0, 0.05) is 37.3 Å². The van der Waals surface area contributed by atoms with Gasteiger partial charge in [-0.1, -0.05) is 66.7 Å². The highest BCUT2D eigenvalue weighted by molar-refractivity contribution is 5.94. The Hall–Kier alpha value is -2.95. The van der Waals surface area contributed by atoms with Gasteiger partial charge in [0.05, 0.1) is 13.2 Å². The molecule has 0 N–H and O–H groups in total. The summed E-state index contributed by atoms with van der Waals surface area (Å²) in [5.74, 6) is 0.999. The van der Waals surface area contributed by atoms with Crippen LogP contribution in [0.4, 0.5) is 0 Å². The van der Waals surface area contributed by atoms with Gasteiger partial charge in [-0.3, -0.25) is 14.6 Å². The molecule has 0 aromatic heterocycles. The standard InChI is InChI=1S/C29H34N2O2/c1-21-19-31(22(2)18-30(21)20-24-10-16-28(33-4)17-11-24)29(26-8-6-5-7-9-26)27-14-12-25(13-15-27)23(3)32/h5-17,21-22,29H,18-20H2,1-4H3/t21-,22+,29+/m1/s1. The van der Waals surface area contributed by atoms with Crippen LogP contribution in [-0.4, -0.2) is 47.9 Å². The van der Waals surface area contributed by atoms with Gasteiger partial charge in [0.15, 0.2) is 5.78 Å². The van der Waals surface area contributed by atoms with Gasteiger partial charge in [-0.25, -0.2) is 0 Å². The van der Waals surface area contributed by atoms with Gasteiger partial charge in [-0.2, -0.15) is 0 Å². The second-order valence-electron chi connectivity index (χ2n) is 9.16. The minimum Gasteiger partial charge on any atom is -0.497 e. The number of Topliss-reactive ketones (excluding diaryl/α,β-unsaturated/α-hetero) is 1. The normalized spacial score (nSPS) is 20.4. The van der Waals surface area contributed by atoms with E-state index in [1.54, 1.807) is 14.0 Å². The molecule has 1 saturated heterocycles. The van der Waals surface area contributed by atoms with Crippen LogP contribution in [0, 0.1) is 0 Å². The van der Waals surface area contributed by atoms with E-state index < -0.39 is 0 Å². The Morgan fingerprint density at radius 2 is 1.52 bits per heavy atom. The van der Waals surface area contributed by atoms with Crippen molar-refractivity contribution >= 4 is 5.78 Å². The SMILES string of the molecule is COc1ccc(CN2C[C@H](C)N([C@@H](c3ccccc3)c3ccc(C(C)=O)cc3)C[C@H]2C)cc1. The van der Waals surface area contributed by atoms with E-state index in [9.17, 15) is 4.79 Å². The lowest BCUT2D eigenvalue weighted by Gasteiger charge is -2.47. The molecule has 0 spiro atoms. The first-order valence-corrected chi connectivity index (χ1v) is 11.7. The van der Waals surface area contributed by atoms with Gasteiger partial charge < -0.3 is 4.74 Å². The number of hydrogen-bond acceptors (Lipinski definition) is 4. The van der Waals surface area contributed by atoms with Crippen LogP contribution < -0.4 is 4.74 Å². The molecule has 4 rings (SSSR count). The average Bonchev–Trinajstić information content (AvgIpc) is 2.84. The first kappa shape index (κ1) is 23.2. The molecule has 0 amide bonds. The first-order valence-electron chi connectivity index (χ1n) is 11.7. The van der Waals surface area contributed by atoms with E-state index in [-0.39, 0.29) is 11.8 Å². The van der Waals surface area contributed by atoms with Gasteiger partial charge in [0.25, 0.3) is 0 Å². The summed E-state index contributed by atoms with van der Waals surface area (Å²) in [5, 5.41) is 0. The molecule has 3 aromatic carbocycles. The van der Waals surface area contributed by atoms with Crippen LogP contribution in [0.3, 0.4) is 0 Å². The number of rotatable bonds is 7. The van der Waals surface area contributed by atoms with Gasteiger partial charge in [0.2, 0.25) is 0 Å². The molecule has 4 heteroatoms. The molecule has 0 bridgehead atoms. The smallest absolute Gasteiger partial charge is 0.159 e. The molecule has 3 aromatic rings. The molecular formula is C29H34N2O2. The third kappa shape index (κ3) is 5.35. The van der Waals surface area contributed by atoms with Crippen LogP contribution in [0.2, 0.25) is 0 Å². The van der Waals surface area contributed by atoms with E-state index in [1.165, 1.54) is 16.7 Å². The lowest BCUT2D eigenvalue weighted by Crippen LogP contribution is -2.56. The summed E-state index contributed by atoms with van der Waals surface area (Å²) in [6.45, 7) is 9.19. The van der Waals surface area contributed by atoms with Crippen molar-refractivity contribution in [1.29, 1.82) is 0 Å². The van der Waals surface area contributed by atoms with Crippen molar-refractivity contribution in [1.82, 2.24) is 9.80 Å². The largest absolute Gasteiger partial charge is 0.497 e. The summed E-state index contributed by atoms with van der Waals surface area (Å²) >= 11 is 0. The fourth-order valence-electron chi connectivity index (χ4n) is 4.88. The van der Waals surface area contributed by atoms with Crippen molar-refractivity contribution in [2.24, 2.45) is 0 Å². The number of carbonyl (C=O) groups excluding carboxylic acids is 1. The zero-order valence-corrected chi connectivity index (χ0v) is 20.1. The molecule has 1 aliphatic heterocycles. The number of hydrogen-bond donors (Lipinski definition) is 0. The monoisotopic (exact) mass is 442 g/mol. The summed E-state index contributed by atoms with van der Waals surface area (Å²) < 4.78 is 5.30. The maximum absolute atomic E-state index is 11.8. The number of piperazine rings is 1. The minimum absolute atomic E-state index is 0.104. The Bertz CT molecular complexity index is 1050. The third-order valence-electron chi connectivity index (χ3n) is 6.79. The van der Waals surface area contributed by atoms with Crippen molar-refractivity contribution < 1.29 is 9.53 Å². The van der Waals surface area contributed by atoms with Gasteiger partial charge in [0.1, 0.15) is 5.75 Å². The second kappa shape index (κ2) is 10.3. The van der Waals surface area contributed by atoms with Gasteiger partial charge in [-0.05, 0) is 49.6 Å². The lowest BCUT2D eigenvalue weighted by molar-refractivity contribution is 0.0195. The highest BCUT2D eigenvalue weighted by Gasteiger charge is 2.34. The summed E-state index contributed by atoms with van der Waals surface area (Å²) in [6.07, 6.45) is 0. The van der Waals surface area contributed by atoms with Crippen molar-refractivity contribution in [2.45, 2.75) is 45.4 Å². The summed E-state index contributed by atoms with van der Waals surface area (Å²) in [7, 11) is 1.70. The van der Waals surface area contributed by atoms with Crippen LogP contribution in [0.15, 0.2) is 78.9 Å². The molecule has 0 aliphatic carbocycles. The van der Waals surface area contributed by atoms with E-state index in [1.807, 2.05) is 24.3 Å². The van der Waals surface area contributed by atoms with Crippen molar-refractivity contribution in [3.05, 3.63) is 101 Å². The van der Waals surface area contributed by atoms with Crippen molar-refractivity contribution in [2.75, 3.05) is 20.2 Å². The predicted molar refractivity (Wildman–Crippen MR) is 134 cm³/mol. The molecular weight excluding hydrogens is 408 g/mol. The van der Waals surface area contributed by atoms with E-state index in [0.29, 0.717) is 12.1 Å². The molecule has 1 aliphatic rings. The summed E-state index contributed by atoms with van der Waals surface area (Å²) in [4.78, 5) is 17.0. The molecule has 0 saturated carbocycles. The zero-order chi connectivity index (χ0) is 23.4. The van der Waals surface area contributed by atoms with Crippen LogP contribution in [-0.2, 0) is 6.54 Å². The van der Waals surface area contributed by atoms with Gasteiger partial charge >= 0.3 is 0 Å². The number of benzene rings is 3. The first-order chi connectivity index (χ1) is 16.0. The highest BCUT2D eigenvalue weighted by atomic mass is 16.5. The highest BCUT2D eigenvalue weighted by Crippen LogP contribution is 2.34. The predicted octanol–water partition coefficient (Wildman–Crippen LogP) is 5.58. The molecule has 4 nitrogen and oxygen atoms in total. The van der Waals surface area contributed by atoms with Crippen LogP contribution in [0.25, 0.3) is 0 Å². The fourth-order valence-corrected chi connectivity index (χ4v) is 4.88. The zero-order valence-electron chi connectivity index (χ0n) is 20.1. The van der Waals surface area contributed by atoms with Crippen molar-refractivity contribution in [3.63, 3.8) is 0 Å². The molecule has 33 heavy (non-hydrogen) atoms. The van der Waals surface area contributed by atoms with Crippen LogP contribution >= 0.6 is 0 Å². The molecule has 0 radical (unpaired) electrons. The number of ether oxygens (including phenoxy) is 1. The summed E-state index contributed by atoms with van der Waals surface area (Å²) in [5.41, 5.74) is 4.59. The fraction of sp³-hybridized carbons (Fsp3) is 0.345. The Balaban J connectivity index is 1.57. The summed E-state index contributed by atoms with van der Waals surface area (Å²) in [6, 6.07) is 28.2. The topological polar surface area (TPSA) is 32.8 Å². The maximum Gasteiger partial charge on any atom is 0.159 e. The Morgan fingerprint density at radius 3 is 2.12 bits per heavy atom. The second-order valence-corrected chi connectivity index (χ2v) is 9.16. The van der Waals surface area contributed by atoms with Crippen molar-refractivity contribution in [3.8, 4) is 5.75 Å². The number of methoxy groups -OCH3 is 1. The van der Waals surface area contributed by atoms with Crippen LogP contribution in [0.1, 0.15) is 53.9 Å². The number of carbonyl (C=O) groups is 1. The van der Waals surface area contributed by atoms with E-state index in [0.717, 1.165) is 30.9 Å². The van der Waals surface area contributed by atoms with E-state index in [2.05, 4.69) is 78.2 Å². The Kier molecular flexibility index (Phi) is 7.26. The average molecular weight is 443 g/mol. The van der Waals surface area contributed by atoms with Crippen LogP contribution in [0.5, 0.6) is 5.75 Å². The third-order valence-corrected chi connectivity index (χ3v) is 6.79. The lowest BCUT2D eigenvalue weighted by atomic mass is 9.92. The minimum atomic E-state index is 0.104. The van der Waals surface area contributed by atoms with E-state index in [4.69, 9.17) is 4.74 Å². The molecule has 1 heterocycles. The van der Waals surface area contributed by atoms with Gasteiger partial charge in [-0.15, -0.1) is 0 Å². The van der Waals surface area contributed by atoms with E-state index >= 15 is 0 Å². The molecule has 3 atom stereocenters. The molecule has 172 valence electrons. The molecule has 1 fully saturated rings.